The number of hydrogen-bond donors (Lipinski definition) is 2. The Kier molecular flexibility index (Phi) is 4.70. The standard InChI is InChI=1S/C5H6F6N2.C5H8N2/c1-2-13-4(8,9)3(6,7)12-5(13,10)11;1-2-7-4-3-6-5-7/h12H,2H2,1H3;3-5H,2H2,1H3/p+2. The van der Waals surface area contributed by atoms with Gasteiger partial charge in [-0.2, -0.15) is 8.78 Å². The Morgan fingerprint density at radius 2 is 1.75 bits per heavy atom. The fraction of sp³-hybridized carbons (Fsp3) is 0.700. The number of quaternary nitrogens is 1. The van der Waals surface area contributed by atoms with Gasteiger partial charge in [-0.15, -0.1) is 22.5 Å². The summed E-state index contributed by atoms with van der Waals surface area (Å²) in [6, 6.07) is -9.60. The van der Waals surface area contributed by atoms with Crippen LogP contribution in [0.2, 0.25) is 0 Å². The molecule has 0 saturated carbocycles. The van der Waals surface area contributed by atoms with Gasteiger partial charge in [0, 0.05) is 6.54 Å². The van der Waals surface area contributed by atoms with Crippen molar-refractivity contribution in [2.75, 3.05) is 6.54 Å². The second kappa shape index (κ2) is 5.60. The molecule has 116 valence electrons. The van der Waals surface area contributed by atoms with Crippen LogP contribution in [0.25, 0.3) is 0 Å². The van der Waals surface area contributed by atoms with Gasteiger partial charge in [0.15, 0.2) is 0 Å². The Hall–Kier alpha value is -1.29. The average molecular weight is 306 g/mol. The van der Waals surface area contributed by atoms with Crippen LogP contribution < -0.4 is 9.88 Å². The van der Waals surface area contributed by atoms with Crippen molar-refractivity contribution < 1.29 is 36.2 Å². The molecule has 1 aliphatic heterocycles. The van der Waals surface area contributed by atoms with Crippen molar-refractivity contribution in [1.82, 2.24) is 9.88 Å². The second-order valence-electron chi connectivity index (χ2n) is 4.08. The highest BCUT2D eigenvalue weighted by molar-refractivity contribution is 4.82. The lowest BCUT2D eigenvalue weighted by Gasteiger charge is -2.21. The van der Waals surface area contributed by atoms with E-state index >= 15 is 0 Å². The number of alkyl halides is 6. The number of hydrogen-bond acceptors (Lipinski definition) is 1. The highest BCUT2D eigenvalue weighted by Gasteiger charge is 2.80. The molecule has 1 aromatic heterocycles. The molecule has 0 amide bonds. The van der Waals surface area contributed by atoms with E-state index in [4.69, 9.17) is 0 Å². The number of imidazole rings is 1. The number of aromatic nitrogens is 2. The lowest BCUT2D eigenvalue weighted by atomic mass is 10.4. The summed E-state index contributed by atoms with van der Waals surface area (Å²) in [6.07, 6.45) is 1.57. The molecule has 1 aliphatic rings. The van der Waals surface area contributed by atoms with E-state index in [1.165, 1.54) is 0 Å². The molecule has 2 heterocycles. The van der Waals surface area contributed by atoms with Gasteiger partial charge in [-0.3, -0.25) is 4.98 Å². The molecule has 1 fully saturated rings. The molecule has 1 aromatic rings. The van der Waals surface area contributed by atoms with Gasteiger partial charge in [-0.25, -0.2) is 9.88 Å². The molecule has 0 aliphatic carbocycles. The van der Waals surface area contributed by atoms with Crippen LogP contribution in [0.1, 0.15) is 13.8 Å². The molecular weight excluding hydrogens is 290 g/mol. The van der Waals surface area contributed by atoms with Crippen molar-refractivity contribution in [2.24, 2.45) is 0 Å². The lowest BCUT2D eigenvalue weighted by Crippen LogP contribution is -3.00. The fourth-order valence-electron chi connectivity index (χ4n) is 1.68. The minimum atomic E-state index is -4.81. The van der Waals surface area contributed by atoms with E-state index in [0.29, 0.717) is 0 Å². The molecule has 10 heteroatoms. The van der Waals surface area contributed by atoms with E-state index in [-0.39, 0.29) is 0 Å². The number of nitrogens with one attached hydrogen (secondary N) is 1. The molecule has 3 N–H and O–H groups in total. The van der Waals surface area contributed by atoms with Crippen molar-refractivity contribution in [2.45, 2.75) is 38.7 Å². The zero-order valence-corrected chi connectivity index (χ0v) is 10.9. The normalized spacial score (nSPS) is 23.2. The molecule has 0 spiro atoms. The van der Waals surface area contributed by atoms with Crippen molar-refractivity contribution >= 4 is 0 Å². The maximum atomic E-state index is 12.5. The van der Waals surface area contributed by atoms with Crippen LogP contribution in [0.15, 0.2) is 18.7 Å². The average Bonchev–Trinajstić information content (AvgIpc) is 2.83. The first-order chi connectivity index (χ1) is 9.08. The molecule has 0 aromatic carbocycles. The molecule has 0 atom stereocenters. The Labute approximate surface area is 111 Å². The van der Waals surface area contributed by atoms with Gasteiger partial charge in [-0.1, -0.05) is 6.92 Å². The summed E-state index contributed by atoms with van der Waals surface area (Å²) in [5.41, 5.74) is 0. The highest BCUT2D eigenvalue weighted by atomic mass is 19.3. The van der Waals surface area contributed by atoms with Gasteiger partial charge in [0.1, 0.15) is 12.4 Å². The van der Waals surface area contributed by atoms with Crippen LogP contribution in [0.5, 0.6) is 0 Å². The monoisotopic (exact) mass is 306 g/mol. The van der Waals surface area contributed by atoms with Crippen molar-refractivity contribution in [3.8, 4) is 0 Å². The molecule has 0 unspecified atom stereocenters. The molecule has 4 nitrogen and oxygen atoms in total. The first-order valence-corrected chi connectivity index (χ1v) is 5.88. The van der Waals surface area contributed by atoms with Gasteiger partial charge in [0.2, 0.25) is 6.33 Å². The van der Waals surface area contributed by atoms with Gasteiger partial charge in [0.05, 0.1) is 6.54 Å². The van der Waals surface area contributed by atoms with Crippen LogP contribution in [0.4, 0.5) is 26.3 Å². The van der Waals surface area contributed by atoms with Crippen LogP contribution >= 0.6 is 0 Å². The number of H-pyrrole nitrogens is 1. The minimum Gasteiger partial charge on any atom is -0.250 e. The summed E-state index contributed by atoms with van der Waals surface area (Å²) < 4.78 is 76.8. The van der Waals surface area contributed by atoms with Gasteiger partial charge in [0.25, 0.3) is 0 Å². The number of aryl methyl sites for hydroxylation is 1. The number of rotatable bonds is 2. The van der Waals surface area contributed by atoms with Gasteiger partial charge < -0.3 is 0 Å². The predicted octanol–water partition coefficient (Wildman–Crippen LogP) is 0.943. The number of aromatic amines is 1. The Morgan fingerprint density at radius 1 is 1.15 bits per heavy atom. The second-order valence-corrected chi connectivity index (χ2v) is 4.08. The molecule has 0 radical (unpaired) electrons. The maximum absolute atomic E-state index is 12.5. The van der Waals surface area contributed by atoms with E-state index in [2.05, 4.69) is 16.5 Å². The van der Waals surface area contributed by atoms with E-state index in [1.54, 1.807) is 0 Å². The summed E-state index contributed by atoms with van der Waals surface area (Å²) in [5, 5.41) is -0.927. The van der Waals surface area contributed by atoms with Gasteiger partial charge >= 0.3 is 18.3 Å². The minimum absolute atomic E-state index is 0.833. The van der Waals surface area contributed by atoms with Crippen LogP contribution in [0, 0.1) is 0 Å². The SMILES string of the molecule is CCN1C(F)(F)[NH2+]C(F)(F)C1(F)F.CC[n+]1cc[nH]c1. The van der Waals surface area contributed by atoms with E-state index in [0.717, 1.165) is 13.5 Å². The van der Waals surface area contributed by atoms with Crippen LogP contribution in [-0.4, -0.2) is 34.7 Å². The first-order valence-electron chi connectivity index (χ1n) is 5.88. The van der Waals surface area contributed by atoms with Crippen LogP contribution in [-0.2, 0) is 6.54 Å². The fourth-order valence-corrected chi connectivity index (χ4v) is 1.68. The zero-order chi connectivity index (χ0) is 15.6. The van der Waals surface area contributed by atoms with E-state index in [1.807, 2.05) is 18.7 Å². The summed E-state index contributed by atoms with van der Waals surface area (Å²) in [6.45, 7) is 3.25. The number of nitrogens with two attached hydrogens (primary N) is 1. The quantitative estimate of drug-likeness (QED) is 0.476. The maximum Gasteiger partial charge on any atom is 0.473 e. The summed E-state index contributed by atoms with van der Waals surface area (Å²) in [5.74, 6) is 0. The summed E-state index contributed by atoms with van der Waals surface area (Å²) >= 11 is 0. The lowest BCUT2D eigenvalue weighted by molar-refractivity contribution is -0.867. The Balaban J connectivity index is 0.000000240. The third kappa shape index (κ3) is 3.06. The molecule has 1 saturated heterocycles. The molecule has 20 heavy (non-hydrogen) atoms. The highest BCUT2D eigenvalue weighted by Crippen LogP contribution is 2.41. The van der Waals surface area contributed by atoms with E-state index < -0.39 is 35.0 Å². The Morgan fingerprint density at radius 3 is 1.95 bits per heavy atom. The number of likely N-dealkylation sites (N-methyl/N-ethyl adjacent to an activating group) is 1. The third-order valence-electron chi connectivity index (χ3n) is 2.74. The first kappa shape index (κ1) is 16.8. The van der Waals surface area contributed by atoms with Crippen molar-refractivity contribution in [3.63, 3.8) is 0 Å². The number of nitrogens with zero attached hydrogens (tertiary/aromatic N) is 2. The topological polar surface area (TPSA) is 39.5 Å². The molecule has 2 rings (SSSR count). The molecular formula is C10H16F6N4+2. The largest absolute Gasteiger partial charge is 0.473 e. The van der Waals surface area contributed by atoms with Crippen molar-refractivity contribution in [3.05, 3.63) is 18.7 Å². The predicted molar refractivity (Wildman–Crippen MR) is 55.8 cm³/mol. The Bertz CT molecular complexity index is 419. The smallest absolute Gasteiger partial charge is 0.250 e. The van der Waals surface area contributed by atoms with Crippen molar-refractivity contribution in [1.29, 1.82) is 0 Å². The summed E-state index contributed by atoms with van der Waals surface area (Å²) in [4.78, 5) is 2.11. The third-order valence-corrected chi connectivity index (χ3v) is 2.74. The van der Waals surface area contributed by atoms with Gasteiger partial charge in [-0.05, 0) is 6.92 Å². The van der Waals surface area contributed by atoms with E-state index in [9.17, 15) is 26.3 Å². The van der Waals surface area contributed by atoms with Crippen LogP contribution in [0.3, 0.4) is 0 Å². The molecule has 0 bridgehead atoms. The summed E-state index contributed by atoms with van der Waals surface area (Å²) in [7, 11) is 0. The zero-order valence-electron chi connectivity index (χ0n) is 10.9. The number of halogens is 6.